The Morgan fingerprint density at radius 2 is 1.89 bits per heavy atom. The van der Waals surface area contributed by atoms with Crippen LogP contribution in [0.2, 0.25) is 10.0 Å². The standard InChI is InChI=1S/C20H13Cl2N3O2/c1-11-8-19(25-27-11)24-20(26)15-10-18(14-7-6-12(21)9-16(14)22)23-17-5-3-2-4-13(15)17/h2-10H,1H3,(H,24,25,26). The molecule has 0 spiro atoms. The van der Waals surface area contributed by atoms with E-state index in [-0.39, 0.29) is 5.91 Å². The van der Waals surface area contributed by atoms with E-state index < -0.39 is 0 Å². The fourth-order valence-corrected chi connectivity index (χ4v) is 3.31. The Balaban J connectivity index is 1.84. The molecule has 7 heteroatoms. The highest BCUT2D eigenvalue weighted by atomic mass is 35.5. The summed E-state index contributed by atoms with van der Waals surface area (Å²) in [5, 5.41) is 8.27. The molecule has 1 N–H and O–H groups in total. The van der Waals surface area contributed by atoms with Gasteiger partial charge in [0.15, 0.2) is 5.82 Å². The molecule has 0 aliphatic rings. The second-order valence-electron chi connectivity index (χ2n) is 5.97. The van der Waals surface area contributed by atoms with Crippen LogP contribution in [0.3, 0.4) is 0 Å². The minimum absolute atomic E-state index is 0.312. The fourth-order valence-electron chi connectivity index (χ4n) is 2.81. The monoisotopic (exact) mass is 397 g/mol. The van der Waals surface area contributed by atoms with Gasteiger partial charge in [-0.15, -0.1) is 0 Å². The Labute approximate surface area is 164 Å². The Bertz CT molecular complexity index is 1170. The summed E-state index contributed by atoms with van der Waals surface area (Å²) in [6.07, 6.45) is 0. The summed E-state index contributed by atoms with van der Waals surface area (Å²) in [5.41, 5.74) is 2.42. The van der Waals surface area contributed by atoms with Crippen molar-refractivity contribution in [3.63, 3.8) is 0 Å². The van der Waals surface area contributed by atoms with Crippen LogP contribution in [-0.2, 0) is 0 Å². The third-order valence-electron chi connectivity index (χ3n) is 4.04. The number of benzene rings is 2. The highest BCUT2D eigenvalue weighted by molar-refractivity contribution is 6.36. The van der Waals surface area contributed by atoms with Crippen LogP contribution in [0.4, 0.5) is 5.82 Å². The largest absolute Gasteiger partial charge is 0.360 e. The number of halogens is 2. The number of aromatic nitrogens is 2. The first kappa shape index (κ1) is 17.5. The minimum Gasteiger partial charge on any atom is -0.360 e. The van der Waals surface area contributed by atoms with E-state index in [0.717, 1.165) is 5.39 Å². The Kier molecular flexibility index (Phi) is 4.56. The molecule has 4 rings (SSSR count). The van der Waals surface area contributed by atoms with E-state index in [1.807, 2.05) is 24.3 Å². The molecular weight excluding hydrogens is 385 g/mol. The number of pyridine rings is 1. The molecule has 4 aromatic rings. The number of para-hydroxylation sites is 1. The number of hydrogen-bond acceptors (Lipinski definition) is 4. The molecule has 0 fully saturated rings. The second kappa shape index (κ2) is 7.02. The molecule has 0 saturated heterocycles. The Morgan fingerprint density at radius 1 is 1.07 bits per heavy atom. The maximum atomic E-state index is 12.9. The van der Waals surface area contributed by atoms with Gasteiger partial charge in [0, 0.05) is 22.0 Å². The molecule has 0 atom stereocenters. The molecule has 1 amide bonds. The third-order valence-corrected chi connectivity index (χ3v) is 4.59. The number of carbonyl (C=O) groups excluding carboxylic acids is 1. The zero-order valence-corrected chi connectivity index (χ0v) is 15.7. The molecule has 2 aromatic carbocycles. The molecule has 0 aliphatic carbocycles. The number of rotatable bonds is 3. The lowest BCUT2D eigenvalue weighted by Crippen LogP contribution is -2.13. The summed E-state index contributed by atoms with van der Waals surface area (Å²) < 4.78 is 5.00. The average Bonchev–Trinajstić information content (AvgIpc) is 3.05. The van der Waals surface area contributed by atoms with E-state index in [1.54, 1.807) is 37.3 Å². The lowest BCUT2D eigenvalue weighted by Gasteiger charge is -2.10. The number of carbonyl (C=O) groups is 1. The van der Waals surface area contributed by atoms with Crippen molar-refractivity contribution in [1.82, 2.24) is 10.1 Å². The van der Waals surface area contributed by atoms with Gasteiger partial charge in [0.05, 0.1) is 21.8 Å². The van der Waals surface area contributed by atoms with Crippen molar-refractivity contribution >= 4 is 45.8 Å². The SMILES string of the molecule is Cc1cc(NC(=O)c2cc(-c3ccc(Cl)cc3Cl)nc3ccccc23)no1. The number of hydrogen-bond donors (Lipinski definition) is 1. The van der Waals surface area contributed by atoms with Gasteiger partial charge in [-0.05, 0) is 37.3 Å². The second-order valence-corrected chi connectivity index (χ2v) is 6.82. The van der Waals surface area contributed by atoms with E-state index in [1.165, 1.54) is 0 Å². The zero-order valence-electron chi connectivity index (χ0n) is 14.2. The molecule has 0 saturated carbocycles. The van der Waals surface area contributed by atoms with Gasteiger partial charge in [-0.3, -0.25) is 4.79 Å². The summed E-state index contributed by atoms with van der Waals surface area (Å²) in [4.78, 5) is 17.5. The maximum Gasteiger partial charge on any atom is 0.257 e. The minimum atomic E-state index is -0.312. The average molecular weight is 398 g/mol. The van der Waals surface area contributed by atoms with Crippen molar-refractivity contribution in [2.24, 2.45) is 0 Å². The maximum absolute atomic E-state index is 12.9. The Morgan fingerprint density at radius 3 is 2.63 bits per heavy atom. The first-order chi connectivity index (χ1) is 13.0. The highest BCUT2D eigenvalue weighted by Gasteiger charge is 2.16. The van der Waals surface area contributed by atoms with Crippen molar-refractivity contribution in [2.75, 3.05) is 5.32 Å². The summed E-state index contributed by atoms with van der Waals surface area (Å²) in [7, 11) is 0. The Hall–Kier alpha value is -2.89. The normalized spacial score (nSPS) is 10.9. The molecule has 0 unspecified atom stereocenters. The van der Waals surface area contributed by atoms with Crippen molar-refractivity contribution < 1.29 is 9.32 Å². The fraction of sp³-hybridized carbons (Fsp3) is 0.0500. The van der Waals surface area contributed by atoms with Crippen molar-refractivity contribution in [3.8, 4) is 11.3 Å². The number of aryl methyl sites for hydroxylation is 1. The third kappa shape index (κ3) is 3.52. The van der Waals surface area contributed by atoms with Crippen LogP contribution in [0.25, 0.3) is 22.2 Å². The molecule has 2 aromatic heterocycles. The van der Waals surface area contributed by atoms with E-state index in [0.29, 0.717) is 44.0 Å². The van der Waals surface area contributed by atoms with Gasteiger partial charge in [0.2, 0.25) is 0 Å². The molecular formula is C20H13Cl2N3O2. The van der Waals surface area contributed by atoms with Crippen molar-refractivity contribution in [3.05, 3.63) is 76.0 Å². The van der Waals surface area contributed by atoms with Gasteiger partial charge in [0.1, 0.15) is 5.76 Å². The van der Waals surface area contributed by atoms with Crippen molar-refractivity contribution in [1.29, 1.82) is 0 Å². The lowest BCUT2D eigenvalue weighted by molar-refractivity contribution is 0.102. The number of amides is 1. The van der Waals surface area contributed by atoms with Crippen LogP contribution in [0.1, 0.15) is 16.1 Å². The van der Waals surface area contributed by atoms with Gasteiger partial charge in [-0.2, -0.15) is 0 Å². The molecule has 27 heavy (non-hydrogen) atoms. The highest BCUT2D eigenvalue weighted by Crippen LogP contribution is 2.32. The number of nitrogens with zero attached hydrogens (tertiary/aromatic N) is 2. The van der Waals surface area contributed by atoms with Crippen molar-refractivity contribution in [2.45, 2.75) is 6.92 Å². The first-order valence-corrected chi connectivity index (χ1v) is 8.87. The number of anilines is 1. The molecule has 134 valence electrons. The van der Waals surface area contributed by atoms with E-state index in [9.17, 15) is 4.79 Å². The van der Waals surface area contributed by atoms with Crippen LogP contribution >= 0.6 is 23.2 Å². The van der Waals surface area contributed by atoms with E-state index in [4.69, 9.17) is 27.7 Å². The van der Waals surface area contributed by atoms with Crippen LogP contribution in [0, 0.1) is 6.92 Å². The van der Waals surface area contributed by atoms with Crippen LogP contribution in [0.15, 0.2) is 59.1 Å². The topological polar surface area (TPSA) is 68.0 Å². The van der Waals surface area contributed by atoms with E-state index >= 15 is 0 Å². The molecule has 5 nitrogen and oxygen atoms in total. The molecule has 2 heterocycles. The summed E-state index contributed by atoms with van der Waals surface area (Å²) in [6, 6.07) is 15.9. The summed E-state index contributed by atoms with van der Waals surface area (Å²) >= 11 is 12.3. The van der Waals surface area contributed by atoms with Crippen LogP contribution in [0.5, 0.6) is 0 Å². The van der Waals surface area contributed by atoms with Crippen LogP contribution < -0.4 is 5.32 Å². The van der Waals surface area contributed by atoms with Gasteiger partial charge in [-0.1, -0.05) is 46.6 Å². The smallest absolute Gasteiger partial charge is 0.257 e. The number of nitrogens with one attached hydrogen (secondary N) is 1. The molecule has 0 radical (unpaired) electrons. The van der Waals surface area contributed by atoms with Gasteiger partial charge in [0.25, 0.3) is 5.91 Å². The van der Waals surface area contributed by atoms with Crippen LogP contribution in [-0.4, -0.2) is 16.0 Å². The molecule has 0 bridgehead atoms. The van der Waals surface area contributed by atoms with Gasteiger partial charge in [-0.25, -0.2) is 4.98 Å². The van der Waals surface area contributed by atoms with Gasteiger partial charge >= 0.3 is 0 Å². The van der Waals surface area contributed by atoms with E-state index in [2.05, 4.69) is 15.5 Å². The lowest BCUT2D eigenvalue weighted by atomic mass is 10.0. The first-order valence-electron chi connectivity index (χ1n) is 8.11. The quantitative estimate of drug-likeness (QED) is 0.477. The summed E-state index contributed by atoms with van der Waals surface area (Å²) in [5.74, 6) is 0.649. The van der Waals surface area contributed by atoms with Gasteiger partial charge < -0.3 is 9.84 Å². The molecule has 0 aliphatic heterocycles. The zero-order chi connectivity index (χ0) is 19.0. The predicted molar refractivity (Wildman–Crippen MR) is 106 cm³/mol. The number of fused-ring (bicyclic) bond motifs is 1. The predicted octanol–water partition coefficient (Wildman–Crippen LogP) is 5.76. The summed E-state index contributed by atoms with van der Waals surface area (Å²) in [6.45, 7) is 1.76.